The first-order valence-electron chi connectivity index (χ1n) is 9.93. The lowest BCUT2D eigenvalue weighted by molar-refractivity contribution is 0.0712. The molecule has 0 bridgehead atoms. The third kappa shape index (κ3) is 7.31. The van der Waals surface area contributed by atoms with E-state index < -0.39 is 8.80 Å². The minimum Gasteiger partial charge on any atom is -0.374 e. The van der Waals surface area contributed by atoms with Crippen LogP contribution in [0.1, 0.15) is 27.2 Å². The van der Waals surface area contributed by atoms with Crippen molar-refractivity contribution in [2.24, 2.45) is 0 Å². The zero-order chi connectivity index (χ0) is 21.4. The standard InChI is InChI=1S/C18H28O3S8Si/c1-5-19-30(20-6-2,21-7-3)12-8-9-23-14-13(22-4)26-17(27-14)18-28-15-16(29-18)25-11-10-24-15/h5-12H2,1-4H3. The summed E-state index contributed by atoms with van der Waals surface area (Å²) in [5, 5.41) is 0. The summed E-state index contributed by atoms with van der Waals surface area (Å²) in [5.41, 5.74) is 0. The fraction of sp³-hybridized carbons (Fsp3) is 0.667. The molecule has 3 nitrogen and oxygen atoms in total. The highest BCUT2D eigenvalue weighted by atomic mass is 32.3. The molecule has 0 saturated carbocycles. The molecule has 0 radical (unpaired) electrons. The normalized spacial score (nSPS) is 20.0. The fourth-order valence-corrected chi connectivity index (χ4v) is 17.4. The first kappa shape index (κ1) is 26.7. The van der Waals surface area contributed by atoms with Crippen LogP contribution in [0.4, 0.5) is 0 Å². The minimum atomic E-state index is -2.52. The van der Waals surface area contributed by atoms with Crippen LogP contribution in [-0.2, 0) is 13.3 Å². The van der Waals surface area contributed by atoms with Crippen molar-refractivity contribution in [1.29, 1.82) is 0 Å². The molecule has 0 aromatic rings. The summed E-state index contributed by atoms with van der Waals surface area (Å²) in [6.07, 6.45) is 3.24. The first-order valence-corrected chi connectivity index (χ1v) is 19.3. The summed E-state index contributed by atoms with van der Waals surface area (Å²) in [5.74, 6) is 3.55. The van der Waals surface area contributed by atoms with Crippen LogP contribution in [0.25, 0.3) is 0 Å². The van der Waals surface area contributed by atoms with E-state index in [1.54, 1.807) is 0 Å². The van der Waals surface area contributed by atoms with Crippen LogP contribution in [0.2, 0.25) is 6.04 Å². The van der Waals surface area contributed by atoms with E-state index in [4.69, 9.17) is 13.3 Å². The molecule has 0 N–H and O–H groups in total. The maximum Gasteiger partial charge on any atom is 0.500 e. The fourth-order valence-electron chi connectivity index (χ4n) is 2.83. The lowest BCUT2D eigenvalue weighted by Crippen LogP contribution is -2.46. The van der Waals surface area contributed by atoms with Crippen molar-refractivity contribution < 1.29 is 13.3 Å². The quantitative estimate of drug-likeness (QED) is 0.166. The van der Waals surface area contributed by atoms with Gasteiger partial charge in [-0.3, -0.25) is 0 Å². The Morgan fingerprint density at radius 2 is 1.30 bits per heavy atom. The summed E-state index contributed by atoms with van der Waals surface area (Å²) >= 11 is 15.8. The molecular weight excluding hydrogens is 549 g/mol. The summed E-state index contributed by atoms with van der Waals surface area (Å²) < 4.78 is 26.9. The van der Waals surface area contributed by atoms with Gasteiger partial charge in [-0.2, -0.15) is 0 Å². The van der Waals surface area contributed by atoms with Crippen molar-refractivity contribution in [3.05, 3.63) is 25.4 Å². The van der Waals surface area contributed by atoms with E-state index in [-0.39, 0.29) is 0 Å². The van der Waals surface area contributed by atoms with E-state index in [2.05, 4.69) is 6.26 Å². The smallest absolute Gasteiger partial charge is 0.374 e. The number of hydrogen-bond acceptors (Lipinski definition) is 11. The molecule has 0 amide bonds. The van der Waals surface area contributed by atoms with Gasteiger partial charge in [-0.05, 0) is 39.2 Å². The lowest BCUT2D eigenvalue weighted by Gasteiger charge is -2.28. The van der Waals surface area contributed by atoms with Gasteiger partial charge in [0.25, 0.3) is 0 Å². The van der Waals surface area contributed by atoms with E-state index in [1.165, 1.54) is 36.9 Å². The predicted octanol–water partition coefficient (Wildman–Crippen LogP) is 8.34. The van der Waals surface area contributed by atoms with E-state index in [0.29, 0.717) is 19.8 Å². The van der Waals surface area contributed by atoms with Crippen LogP contribution in [0.15, 0.2) is 25.4 Å². The zero-order valence-electron chi connectivity index (χ0n) is 17.6. The van der Waals surface area contributed by atoms with Crippen molar-refractivity contribution in [2.45, 2.75) is 33.2 Å². The Hall–Kier alpha value is 2.12. The Balaban J connectivity index is 1.53. The van der Waals surface area contributed by atoms with Gasteiger partial charge >= 0.3 is 8.80 Å². The summed E-state index contributed by atoms with van der Waals surface area (Å²) in [4.78, 5) is 0. The maximum atomic E-state index is 5.99. The van der Waals surface area contributed by atoms with Gasteiger partial charge in [0.2, 0.25) is 0 Å². The molecule has 0 aliphatic carbocycles. The molecule has 170 valence electrons. The summed E-state index contributed by atoms with van der Waals surface area (Å²) in [7, 11) is -2.52. The van der Waals surface area contributed by atoms with Crippen LogP contribution >= 0.6 is 94.1 Å². The molecule has 0 fully saturated rings. The molecule has 30 heavy (non-hydrogen) atoms. The molecule has 3 heterocycles. The minimum absolute atomic E-state index is 0.647. The highest BCUT2D eigenvalue weighted by molar-refractivity contribution is 8.45. The van der Waals surface area contributed by atoms with Gasteiger partial charge in [-0.15, -0.1) is 47.0 Å². The monoisotopic (exact) mass is 576 g/mol. The zero-order valence-corrected chi connectivity index (χ0v) is 25.2. The highest BCUT2D eigenvalue weighted by Crippen LogP contribution is 2.66. The first-order chi connectivity index (χ1) is 14.6. The molecule has 3 rings (SSSR count). The van der Waals surface area contributed by atoms with Crippen molar-refractivity contribution in [3.63, 3.8) is 0 Å². The molecule has 3 aliphatic rings. The third-order valence-electron chi connectivity index (χ3n) is 3.93. The molecule has 0 aromatic carbocycles. The van der Waals surface area contributed by atoms with Crippen LogP contribution in [0, 0.1) is 0 Å². The second-order valence-electron chi connectivity index (χ2n) is 5.97. The Kier molecular flexibility index (Phi) is 12.3. The molecule has 0 spiro atoms. The Morgan fingerprint density at radius 3 is 1.83 bits per heavy atom. The largest absolute Gasteiger partial charge is 0.500 e. The molecule has 0 saturated heterocycles. The number of rotatable bonds is 12. The maximum absolute atomic E-state index is 5.99. The molecular formula is C18H28O3S8Si. The summed E-state index contributed by atoms with van der Waals surface area (Å²) in [6.45, 7) is 8.01. The second-order valence-corrected chi connectivity index (χ2v) is 18.5. The van der Waals surface area contributed by atoms with Gasteiger partial charge < -0.3 is 13.3 Å². The van der Waals surface area contributed by atoms with Crippen molar-refractivity contribution in [1.82, 2.24) is 0 Å². The topological polar surface area (TPSA) is 27.7 Å². The Bertz CT molecular complexity index is 660. The third-order valence-corrected chi connectivity index (χ3v) is 18.9. The predicted molar refractivity (Wildman–Crippen MR) is 152 cm³/mol. The van der Waals surface area contributed by atoms with E-state index in [9.17, 15) is 0 Å². The number of thioether (sulfide) groups is 8. The molecule has 3 aliphatic heterocycles. The summed E-state index contributed by atoms with van der Waals surface area (Å²) in [6, 6.07) is 0.889. The van der Waals surface area contributed by atoms with Crippen LogP contribution < -0.4 is 0 Å². The van der Waals surface area contributed by atoms with Crippen molar-refractivity contribution in [3.8, 4) is 0 Å². The lowest BCUT2D eigenvalue weighted by atomic mass is 10.6. The van der Waals surface area contributed by atoms with Gasteiger partial charge in [-0.25, -0.2) is 0 Å². The molecule has 0 unspecified atom stereocenters. The Morgan fingerprint density at radius 1 is 0.767 bits per heavy atom. The van der Waals surface area contributed by atoms with Crippen molar-refractivity contribution >= 4 is 103 Å². The van der Waals surface area contributed by atoms with Gasteiger partial charge in [-0.1, -0.05) is 47.0 Å². The SMILES string of the molecule is CCO[Si](CCCSC1=C(SC)SC(=C2SC3=C(SCCS3)S2)S1)(OCC)OCC. The van der Waals surface area contributed by atoms with Gasteiger partial charge in [0.05, 0.1) is 25.4 Å². The molecule has 0 atom stereocenters. The van der Waals surface area contributed by atoms with Crippen LogP contribution in [0.3, 0.4) is 0 Å². The van der Waals surface area contributed by atoms with Gasteiger partial charge in [0.15, 0.2) is 0 Å². The Labute approximate surface area is 216 Å². The van der Waals surface area contributed by atoms with Crippen LogP contribution in [-0.4, -0.2) is 52.1 Å². The average molecular weight is 577 g/mol. The van der Waals surface area contributed by atoms with E-state index >= 15 is 0 Å². The van der Waals surface area contributed by atoms with Crippen molar-refractivity contribution in [2.75, 3.05) is 43.3 Å². The van der Waals surface area contributed by atoms with E-state index in [1.807, 2.05) is 115 Å². The van der Waals surface area contributed by atoms with Gasteiger partial charge in [0, 0.05) is 37.4 Å². The van der Waals surface area contributed by atoms with Crippen LogP contribution in [0.5, 0.6) is 0 Å². The molecule has 12 heteroatoms. The van der Waals surface area contributed by atoms with E-state index in [0.717, 1.165) is 18.2 Å². The second kappa shape index (κ2) is 13.9. The highest BCUT2D eigenvalue weighted by Gasteiger charge is 2.39. The average Bonchev–Trinajstić information content (AvgIpc) is 3.35. The molecule has 0 aromatic heterocycles. The number of hydrogen-bond donors (Lipinski definition) is 0. The van der Waals surface area contributed by atoms with Gasteiger partial charge in [0.1, 0.15) is 0 Å².